The lowest BCUT2D eigenvalue weighted by Crippen LogP contribution is -2.34. The van der Waals surface area contributed by atoms with Gasteiger partial charge in [0.2, 0.25) is 5.91 Å². The summed E-state index contributed by atoms with van der Waals surface area (Å²) in [6.45, 7) is 0.583. The molecule has 5 nitrogen and oxygen atoms in total. The third-order valence-corrected chi connectivity index (χ3v) is 4.77. The van der Waals surface area contributed by atoms with E-state index in [0.717, 1.165) is 5.56 Å². The van der Waals surface area contributed by atoms with Crippen molar-refractivity contribution in [1.82, 2.24) is 10.2 Å². The van der Waals surface area contributed by atoms with Crippen molar-refractivity contribution >= 4 is 17.2 Å². The third-order valence-electron chi connectivity index (χ3n) is 3.80. The highest BCUT2D eigenvalue weighted by atomic mass is 32.1. The van der Waals surface area contributed by atoms with Crippen LogP contribution in [0.25, 0.3) is 0 Å². The molecule has 1 amide bonds. The van der Waals surface area contributed by atoms with E-state index < -0.39 is 0 Å². The highest BCUT2D eigenvalue weighted by Gasteiger charge is 2.16. The Morgan fingerprint density at radius 3 is 2.54 bits per heavy atom. The molecule has 1 aromatic heterocycles. The summed E-state index contributed by atoms with van der Waals surface area (Å²) in [5.41, 5.74) is 0.891. The number of hydrogen-bond acceptors (Lipinski definition) is 5. The van der Waals surface area contributed by atoms with E-state index in [1.54, 1.807) is 25.6 Å². The standard InChI is InChI=1S/C18H24N2O3S/c1-20(2)14(17-6-5-9-24-17)12-19-18(21)11-13-7-8-15(22-3)16(10-13)23-4/h5-10,14H,11-12H2,1-4H3,(H,19,21)/t14-/m1/s1. The van der Waals surface area contributed by atoms with Gasteiger partial charge in [-0.3, -0.25) is 4.79 Å². The van der Waals surface area contributed by atoms with Gasteiger partial charge < -0.3 is 19.7 Å². The molecule has 1 heterocycles. The van der Waals surface area contributed by atoms with Gasteiger partial charge in [-0.25, -0.2) is 0 Å². The smallest absolute Gasteiger partial charge is 0.224 e. The van der Waals surface area contributed by atoms with Crippen molar-refractivity contribution in [2.75, 3.05) is 34.9 Å². The van der Waals surface area contributed by atoms with Crippen molar-refractivity contribution in [1.29, 1.82) is 0 Å². The predicted molar refractivity (Wildman–Crippen MR) is 97.0 cm³/mol. The maximum absolute atomic E-state index is 12.3. The predicted octanol–water partition coefficient (Wildman–Crippen LogP) is 2.73. The van der Waals surface area contributed by atoms with Gasteiger partial charge in [-0.1, -0.05) is 12.1 Å². The van der Waals surface area contributed by atoms with Gasteiger partial charge in [0.25, 0.3) is 0 Å². The first-order chi connectivity index (χ1) is 11.5. The van der Waals surface area contributed by atoms with Crippen LogP contribution in [0.2, 0.25) is 0 Å². The molecule has 0 saturated carbocycles. The zero-order valence-electron chi connectivity index (χ0n) is 14.5. The van der Waals surface area contributed by atoms with Gasteiger partial charge in [0, 0.05) is 11.4 Å². The minimum atomic E-state index is -0.00868. The fourth-order valence-electron chi connectivity index (χ4n) is 2.47. The molecule has 0 aliphatic rings. The lowest BCUT2D eigenvalue weighted by Gasteiger charge is -2.23. The molecule has 0 aliphatic heterocycles. The van der Waals surface area contributed by atoms with Gasteiger partial charge in [0.05, 0.1) is 26.7 Å². The first-order valence-corrected chi connectivity index (χ1v) is 8.60. The van der Waals surface area contributed by atoms with E-state index >= 15 is 0 Å². The molecule has 130 valence electrons. The van der Waals surface area contributed by atoms with Crippen molar-refractivity contribution in [3.05, 3.63) is 46.2 Å². The normalized spacial score (nSPS) is 12.0. The summed E-state index contributed by atoms with van der Waals surface area (Å²) in [5.74, 6) is 1.28. The van der Waals surface area contributed by atoms with Crippen LogP contribution in [0, 0.1) is 0 Å². The molecule has 0 radical (unpaired) electrons. The monoisotopic (exact) mass is 348 g/mol. The number of benzene rings is 1. The molecule has 0 fully saturated rings. The third kappa shape index (κ3) is 4.72. The Morgan fingerprint density at radius 1 is 1.21 bits per heavy atom. The average molecular weight is 348 g/mol. The fraction of sp³-hybridized carbons (Fsp3) is 0.389. The van der Waals surface area contributed by atoms with Gasteiger partial charge in [-0.15, -0.1) is 11.3 Å². The number of ether oxygens (including phenoxy) is 2. The molecule has 1 atom stereocenters. The number of hydrogen-bond donors (Lipinski definition) is 1. The maximum Gasteiger partial charge on any atom is 0.224 e. The van der Waals surface area contributed by atoms with Crippen LogP contribution < -0.4 is 14.8 Å². The van der Waals surface area contributed by atoms with E-state index in [1.807, 2.05) is 38.4 Å². The Hall–Kier alpha value is -2.05. The number of nitrogens with zero attached hydrogens (tertiary/aromatic N) is 1. The van der Waals surface area contributed by atoms with Gasteiger partial charge in [0.1, 0.15) is 0 Å². The summed E-state index contributed by atoms with van der Waals surface area (Å²) >= 11 is 1.70. The minimum Gasteiger partial charge on any atom is -0.493 e. The zero-order chi connectivity index (χ0) is 17.5. The molecule has 1 aromatic carbocycles. The number of rotatable bonds is 8. The lowest BCUT2D eigenvalue weighted by atomic mass is 10.1. The molecule has 0 spiro atoms. The quantitative estimate of drug-likeness (QED) is 0.797. The molecule has 24 heavy (non-hydrogen) atoms. The summed E-state index contributed by atoms with van der Waals surface area (Å²) in [7, 11) is 7.22. The number of likely N-dealkylation sites (N-methyl/N-ethyl adjacent to an activating group) is 1. The van der Waals surface area contributed by atoms with Crippen LogP contribution in [0.5, 0.6) is 11.5 Å². The second kappa shape index (κ2) is 8.70. The van der Waals surface area contributed by atoms with E-state index in [1.165, 1.54) is 4.88 Å². The van der Waals surface area contributed by atoms with E-state index in [0.29, 0.717) is 24.5 Å². The molecule has 6 heteroatoms. The number of carbonyl (C=O) groups excluding carboxylic acids is 1. The Bertz CT molecular complexity index is 656. The summed E-state index contributed by atoms with van der Waals surface area (Å²) in [4.78, 5) is 15.6. The van der Waals surface area contributed by atoms with Crippen LogP contribution in [0.1, 0.15) is 16.5 Å². The molecular formula is C18H24N2O3S. The Balaban J connectivity index is 1.95. The minimum absolute atomic E-state index is 0.00868. The molecule has 0 unspecified atom stereocenters. The Labute approximate surface area is 147 Å². The molecule has 2 aromatic rings. The summed E-state index contributed by atoms with van der Waals surface area (Å²) in [6, 6.07) is 9.83. The highest BCUT2D eigenvalue weighted by Crippen LogP contribution is 2.27. The molecular weight excluding hydrogens is 324 g/mol. The van der Waals surface area contributed by atoms with Gasteiger partial charge in [-0.05, 0) is 43.2 Å². The summed E-state index contributed by atoms with van der Waals surface area (Å²) in [6.07, 6.45) is 0.310. The van der Waals surface area contributed by atoms with Crippen LogP contribution in [-0.2, 0) is 11.2 Å². The summed E-state index contributed by atoms with van der Waals surface area (Å²) < 4.78 is 10.5. The highest BCUT2D eigenvalue weighted by molar-refractivity contribution is 7.10. The average Bonchev–Trinajstić information content (AvgIpc) is 3.08. The number of carbonyl (C=O) groups is 1. The van der Waals surface area contributed by atoms with Crippen molar-refractivity contribution in [3.63, 3.8) is 0 Å². The van der Waals surface area contributed by atoms with E-state index in [2.05, 4.69) is 21.7 Å². The molecule has 2 rings (SSSR count). The van der Waals surface area contributed by atoms with E-state index in [4.69, 9.17) is 9.47 Å². The molecule has 0 aliphatic carbocycles. The zero-order valence-corrected chi connectivity index (χ0v) is 15.4. The SMILES string of the molecule is COc1ccc(CC(=O)NC[C@H](c2cccs2)N(C)C)cc1OC. The topological polar surface area (TPSA) is 50.8 Å². The van der Waals surface area contributed by atoms with E-state index in [-0.39, 0.29) is 11.9 Å². The van der Waals surface area contributed by atoms with E-state index in [9.17, 15) is 4.79 Å². The van der Waals surface area contributed by atoms with Gasteiger partial charge in [-0.2, -0.15) is 0 Å². The number of thiophene rings is 1. The second-order valence-electron chi connectivity index (χ2n) is 5.67. The van der Waals surface area contributed by atoms with Gasteiger partial charge >= 0.3 is 0 Å². The largest absolute Gasteiger partial charge is 0.493 e. The first kappa shape index (κ1) is 18.3. The lowest BCUT2D eigenvalue weighted by molar-refractivity contribution is -0.120. The van der Waals surface area contributed by atoms with Gasteiger partial charge in [0.15, 0.2) is 11.5 Å². The Morgan fingerprint density at radius 2 is 1.96 bits per heavy atom. The van der Waals surface area contributed by atoms with Crippen LogP contribution in [0.4, 0.5) is 0 Å². The van der Waals surface area contributed by atoms with Crippen LogP contribution in [0.15, 0.2) is 35.7 Å². The molecule has 0 saturated heterocycles. The fourth-order valence-corrected chi connectivity index (χ4v) is 3.39. The first-order valence-electron chi connectivity index (χ1n) is 7.72. The van der Waals surface area contributed by atoms with Crippen LogP contribution >= 0.6 is 11.3 Å². The number of methoxy groups -OCH3 is 2. The van der Waals surface area contributed by atoms with Crippen molar-refractivity contribution in [2.45, 2.75) is 12.5 Å². The van der Waals surface area contributed by atoms with Crippen molar-refractivity contribution < 1.29 is 14.3 Å². The van der Waals surface area contributed by atoms with Crippen molar-refractivity contribution in [3.8, 4) is 11.5 Å². The molecule has 0 bridgehead atoms. The number of amides is 1. The molecule has 1 N–H and O–H groups in total. The summed E-state index contributed by atoms with van der Waals surface area (Å²) in [5, 5.41) is 5.07. The van der Waals surface area contributed by atoms with Crippen molar-refractivity contribution in [2.24, 2.45) is 0 Å². The van der Waals surface area contributed by atoms with Crippen LogP contribution in [-0.4, -0.2) is 45.7 Å². The van der Waals surface area contributed by atoms with Crippen LogP contribution in [0.3, 0.4) is 0 Å². The number of nitrogens with one attached hydrogen (secondary N) is 1. The maximum atomic E-state index is 12.3. The second-order valence-corrected chi connectivity index (χ2v) is 6.64. The Kier molecular flexibility index (Phi) is 6.63.